The number of hydrogen-bond acceptors (Lipinski definition) is 4. The van der Waals surface area contributed by atoms with Crippen molar-refractivity contribution in [2.75, 3.05) is 32.8 Å². The van der Waals surface area contributed by atoms with Crippen LogP contribution < -0.4 is 10.5 Å². The Labute approximate surface area is 186 Å². The third-order valence-electron chi connectivity index (χ3n) is 6.91. The molecule has 2 fully saturated rings. The van der Waals surface area contributed by atoms with E-state index in [-0.39, 0.29) is 11.5 Å². The van der Waals surface area contributed by atoms with Gasteiger partial charge in [-0.3, -0.25) is 4.79 Å². The number of carbonyl (C=O) groups is 1. The van der Waals surface area contributed by atoms with E-state index < -0.39 is 0 Å². The Hall–Kier alpha value is -2.37. The van der Waals surface area contributed by atoms with Crippen LogP contribution in [0.1, 0.15) is 49.8 Å². The molecule has 166 valence electrons. The highest BCUT2D eigenvalue weighted by Crippen LogP contribution is 2.41. The number of carbonyl (C=O) groups excluding carboxylic acids is 1. The lowest BCUT2D eigenvalue weighted by Crippen LogP contribution is -2.42. The van der Waals surface area contributed by atoms with Crippen LogP contribution in [0.3, 0.4) is 0 Å². The highest BCUT2D eigenvalue weighted by atomic mass is 16.5. The van der Waals surface area contributed by atoms with Crippen molar-refractivity contribution < 1.29 is 9.53 Å². The molecule has 2 aromatic rings. The molecule has 0 aliphatic carbocycles. The first-order valence-electron chi connectivity index (χ1n) is 11.6. The quantitative estimate of drug-likeness (QED) is 0.700. The molecule has 0 saturated carbocycles. The van der Waals surface area contributed by atoms with Crippen molar-refractivity contribution in [1.82, 2.24) is 9.80 Å². The summed E-state index contributed by atoms with van der Waals surface area (Å²) >= 11 is 0. The van der Waals surface area contributed by atoms with E-state index in [4.69, 9.17) is 10.5 Å². The summed E-state index contributed by atoms with van der Waals surface area (Å²) in [5, 5.41) is 0. The Bertz CT molecular complexity index is 845. The Balaban J connectivity index is 1.25. The topological polar surface area (TPSA) is 58.8 Å². The lowest BCUT2D eigenvalue weighted by molar-refractivity contribution is -0.128. The lowest BCUT2D eigenvalue weighted by atomic mass is 9.77. The standard InChI is InChI=1S/C26H35N3O2/c1-2-31-23-10-8-21(9-11-23)19-29-20-26(18-25(29)30)13-16-28(17-14-26)15-12-24(27)22-6-4-3-5-7-22/h3-11,24H,2,12-20,27H2,1H3/t24-/m0/s1. The molecule has 0 bridgehead atoms. The maximum atomic E-state index is 12.7. The van der Waals surface area contributed by atoms with Crippen LogP contribution in [0.15, 0.2) is 54.6 Å². The summed E-state index contributed by atoms with van der Waals surface area (Å²) in [6, 6.07) is 18.6. The molecule has 4 rings (SSSR count). The van der Waals surface area contributed by atoms with Crippen LogP contribution in [0.25, 0.3) is 0 Å². The van der Waals surface area contributed by atoms with Gasteiger partial charge < -0.3 is 20.3 Å². The van der Waals surface area contributed by atoms with E-state index >= 15 is 0 Å². The van der Waals surface area contributed by atoms with Crippen LogP contribution >= 0.6 is 0 Å². The third-order valence-corrected chi connectivity index (χ3v) is 6.91. The molecule has 1 spiro atoms. The first kappa shape index (κ1) is 21.8. The molecule has 0 radical (unpaired) electrons. The molecule has 2 heterocycles. The van der Waals surface area contributed by atoms with Gasteiger partial charge in [0, 0.05) is 25.6 Å². The van der Waals surface area contributed by atoms with Crippen molar-refractivity contribution in [3.8, 4) is 5.75 Å². The van der Waals surface area contributed by atoms with Crippen LogP contribution in [0.5, 0.6) is 5.75 Å². The molecule has 2 aliphatic rings. The van der Waals surface area contributed by atoms with Gasteiger partial charge in [-0.15, -0.1) is 0 Å². The summed E-state index contributed by atoms with van der Waals surface area (Å²) < 4.78 is 5.52. The number of ether oxygens (including phenoxy) is 1. The van der Waals surface area contributed by atoms with Crippen molar-refractivity contribution in [2.45, 2.75) is 45.2 Å². The van der Waals surface area contributed by atoms with Gasteiger partial charge in [-0.05, 0) is 74.5 Å². The fourth-order valence-corrected chi connectivity index (χ4v) is 4.98. The number of nitrogens with two attached hydrogens (primary N) is 1. The average molecular weight is 422 g/mol. The maximum Gasteiger partial charge on any atom is 0.223 e. The number of hydrogen-bond donors (Lipinski definition) is 1. The minimum Gasteiger partial charge on any atom is -0.494 e. The number of piperidine rings is 1. The second-order valence-electron chi connectivity index (χ2n) is 9.15. The molecule has 1 atom stereocenters. The molecular formula is C26H35N3O2. The normalized spacial score (nSPS) is 19.7. The predicted molar refractivity (Wildman–Crippen MR) is 124 cm³/mol. The van der Waals surface area contributed by atoms with E-state index in [1.807, 2.05) is 25.1 Å². The van der Waals surface area contributed by atoms with Crippen LogP contribution in [0, 0.1) is 5.41 Å². The Morgan fingerprint density at radius 3 is 2.45 bits per heavy atom. The molecule has 2 aromatic carbocycles. The summed E-state index contributed by atoms with van der Waals surface area (Å²) in [6.07, 6.45) is 3.86. The van der Waals surface area contributed by atoms with Gasteiger partial charge >= 0.3 is 0 Å². The van der Waals surface area contributed by atoms with Crippen molar-refractivity contribution in [1.29, 1.82) is 0 Å². The van der Waals surface area contributed by atoms with Gasteiger partial charge in [0.2, 0.25) is 5.91 Å². The van der Waals surface area contributed by atoms with Gasteiger partial charge in [0.1, 0.15) is 5.75 Å². The van der Waals surface area contributed by atoms with Crippen molar-refractivity contribution in [3.05, 3.63) is 65.7 Å². The second-order valence-corrected chi connectivity index (χ2v) is 9.15. The van der Waals surface area contributed by atoms with Crippen LogP contribution in [-0.2, 0) is 11.3 Å². The van der Waals surface area contributed by atoms with E-state index in [0.29, 0.717) is 25.5 Å². The van der Waals surface area contributed by atoms with Crippen LogP contribution in [0.4, 0.5) is 0 Å². The third kappa shape index (κ3) is 5.46. The number of nitrogens with zero attached hydrogens (tertiary/aromatic N) is 2. The molecule has 2 aliphatic heterocycles. The molecule has 5 nitrogen and oxygen atoms in total. The summed E-state index contributed by atoms with van der Waals surface area (Å²) in [4.78, 5) is 17.3. The highest BCUT2D eigenvalue weighted by molar-refractivity contribution is 5.79. The summed E-state index contributed by atoms with van der Waals surface area (Å²) in [7, 11) is 0. The number of benzene rings is 2. The van der Waals surface area contributed by atoms with Crippen molar-refractivity contribution in [2.24, 2.45) is 11.1 Å². The van der Waals surface area contributed by atoms with Gasteiger partial charge in [0.15, 0.2) is 0 Å². The van der Waals surface area contributed by atoms with Gasteiger partial charge in [0.25, 0.3) is 0 Å². The summed E-state index contributed by atoms with van der Waals surface area (Å²) in [5.74, 6) is 1.18. The molecule has 1 amide bonds. The van der Waals surface area contributed by atoms with Crippen molar-refractivity contribution in [3.63, 3.8) is 0 Å². The zero-order valence-electron chi connectivity index (χ0n) is 18.6. The fourth-order valence-electron chi connectivity index (χ4n) is 4.98. The highest BCUT2D eigenvalue weighted by Gasteiger charge is 2.44. The second kappa shape index (κ2) is 9.84. The van der Waals surface area contributed by atoms with E-state index in [0.717, 1.165) is 51.2 Å². The number of rotatable bonds is 8. The first-order chi connectivity index (χ1) is 15.1. The van der Waals surface area contributed by atoms with Crippen LogP contribution in [0.2, 0.25) is 0 Å². The minimum atomic E-state index is 0.0924. The zero-order valence-corrected chi connectivity index (χ0v) is 18.6. The van der Waals surface area contributed by atoms with E-state index in [1.54, 1.807) is 0 Å². The van der Waals surface area contributed by atoms with E-state index in [2.05, 4.69) is 46.2 Å². The smallest absolute Gasteiger partial charge is 0.223 e. The molecule has 2 N–H and O–H groups in total. The minimum absolute atomic E-state index is 0.0924. The Kier molecular flexibility index (Phi) is 6.93. The maximum absolute atomic E-state index is 12.7. The van der Waals surface area contributed by atoms with E-state index in [9.17, 15) is 4.79 Å². The van der Waals surface area contributed by atoms with Gasteiger partial charge in [-0.1, -0.05) is 42.5 Å². The molecular weight excluding hydrogens is 386 g/mol. The zero-order chi connectivity index (χ0) is 21.7. The SMILES string of the molecule is CCOc1ccc(CN2CC3(CCN(CC[C@H](N)c4ccccc4)CC3)CC2=O)cc1. The molecule has 2 saturated heterocycles. The average Bonchev–Trinajstić information content (AvgIpc) is 3.09. The monoisotopic (exact) mass is 421 g/mol. The van der Waals surface area contributed by atoms with Crippen LogP contribution in [-0.4, -0.2) is 48.5 Å². The fraction of sp³-hybridized carbons (Fsp3) is 0.500. The molecule has 5 heteroatoms. The Morgan fingerprint density at radius 2 is 1.77 bits per heavy atom. The number of amides is 1. The largest absolute Gasteiger partial charge is 0.494 e. The summed E-state index contributed by atoms with van der Waals surface area (Å²) in [6.45, 7) is 7.38. The van der Waals surface area contributed by atoms with Gasteiger partial charge in [-0.2, -0.15) is 0 Å². The lowest BCUT2D eigenvalue weighted by Gasteiger charge is -2.39. The predicted octanol–water partition coefficient (Wildman–Crippen LogP) is 3.99. The molecule has 31 heavy (non-hydrogen) atoms. The molecule has 0 aromatic heterocycles. The van der Waals surface area contributed by atoms with E-state index in [1.165, 1.54) is 11.1 Å². The molecule has 0 unspecified atom stereocenters. The van der Waals surface area contributed by atoms with Gasteiger partial charge in [0.05, 0.1) is 6.61 Å². The Morgan fingerprint density at radius 1 is 1.06 bits per heavy atom. The number of likely N-dealkylation sites (tertiary alicyclic amines) is 2. The van der Waals surface area contributed by atoms with Crippen molar-refractivity contribution >= 4 is 5.91 Å². The van der Waals surface area contributed by atoms with Gasteiger partial charge in [-0.25, -0.2) is 0 Å². The summed E-state index contributed by atoms with van der Waals surface area (Å²) in [5.41, 5.74) is 8.91. The first-order valence-corrected chi connectivity index (χ1v) is 11.6.